The lowest BCUT2D eigenvalue weighted by molar-refractivity contribution is -0.123. The number of hydrogen-bond acceptors (Lipinski definition) is 12. The maximum absolute atomic E-state index is 11.4. The van der Waals surface area contributed by atoms with Crippen LogP contribution in [0.2, 0.25) is 0 Å². The molecule has 0 aliphatic carbocycles. The molecular weight excluding hydrogens is 498 g/mol. The number of nitrogens with two attached hydrogens (primary N) is 1. The molecule has 0 aromatic heterocycles. The summed E-state index contributed by atoms with van der Waals surface area (Å²) < 4.78 is 43.5. The number of aliphatic imine (C=N–C) groups is 1. The fourth-order valence-corrected chi connectivity index (χ4v) is 2.52. The topological polar surface area (TPSA) is 142 Å². The quantitative estimate of drug-likeness (QED) is 0.0632. The van der Waals surface area contributed by atoms with Crippen molar-refractivity contribution in [3.8, 4) is 0 Å². The van der Waals surface area contributed by atoms with E-state index in [-0.39, 0.29) is 17.7 Å². The molecule has 0 rings (SSSR count). The number of carbonyl (C=O) groups is 1. The van der Waals surface area contributed by atoms with E-state index in [0.717, 1.165) is 0 Å². The molecule has 0 bridgehead atoms. The summed E-state index contributed by atoms with van der Waals surface area (Å²) in [4.78, 5) is 15.7. The molecule has 0 aliphatic rings. The first kappa shape index (κ1) is 36.5. The Hall–Kier alpha value is -1.51. The second-order valence-electron chi connectivity index (χ2n) is 8.70. The highest BCUT2D eigenvalue weighted by molar-refractivity contribution is 6.31. The number of carbonyl (C=O) groups excluding carboxylic acids is 1. The predicted octanol–water partition coefficient (Wildman–Crippen LogP) is 1.53. The molecule has 0 heterocycles. The normalized spacial score (nSPS) is 12.4. The summed E-state index contributed by atoms with van der Waals surface area (Å²) >= 11 is 0. The zero-order valence-electron chi connectivity index (χ0n) is 23.9. The van der Waals surface area contributed by atoms with Crippen LogP contribution in [0.25, 0.3) is 0 Å². The van der Waals surface area contributed by atoms with Crippen LogP contribution in [0, 0.1) is 5.92 Å². The van der Waals surface area contributed by atoms with Crippen LogP contribution in [0.4, 0.5) is 0 Å². The molecule has 0 spiro atoms. The Labute approximate surface area is 228 Å². The summed E-state index contributed by atoms with van der Waals surface area (Å²) in [6, 6.07) is 0.189. The van der Waals surface area contributed by atoms with E-state index in [9.17, 15) is 4.79 Å². The Morgan fingerprint density at radius 1 is 0.605 bits per heavy atom. The third-order valence-electron chi connectivity index (χ3n) is 4.68. The summed E-state index contributed by atoms with van der Waals surface area (Å²) in [5.41, 5.74) is 0.591. The van der Waals surface area contributed by atoms with E-state index >= 15 is 0 Å². The van der Waals surface area contributed by atoms with Crippen molar-refractivity contribution in [2.75, 3.05) is 106 Å². The molecule has 0 fully saturated rings. The lowest BCUT2D eigenvalue weighted by Crippen LogP contribution is -2.17. The van der Waals surface area contributed by atoms with Gasteiger partial charge in [0.05, 0.1) is 106 Å². The minimum absolute atomic E-state index is 0.0613. The predicted molar refractivity (Wildman–Crippen MR) is 146 cm³/mol. The van der Waals surface area contributed by atoms with Gasteiger partial charge in [-0.1, -0.05) is 13.8 Å². The van der Waals surface area contributed by atoms with Crippen molar-refractivity contribution in [3.63, 3.8) is 0 Å². The molecular formula is C26H51N3O9. The summed E-state index contributed by atoms with van der Waals surface area (Å²) in [7, 11) is 0. The van der Waals surface area contributed by atoms with Gasteiger partial charge in [0.1, 0.15) is 11.5 Å². The van der Waals surface area contributed by atoms with Crippen LogP contribution in [0.15, 0.2) is 10.1 Å². The summed E-state index contributed by atoms with van der Waals surface area (Å²) in [5.74, 6) is 5.58. The van der Waals surface area contributed by atoms with Gasteiger partial charge in [0.2, 0.25) is 0 Å². The molecule has 0 atom stereocenters. The monoisotopic (exact) mass is 549 g/mol. The smallest absolute Gasteiger partial charge is 0.137 e. The van der Waals surface area contributed by atoms with Crippen LogP contribution in [-0.4, -0.2) is 129 Å². The van der Waals surface area contributed by atoms with Crippen molar-refractivity contribution >= 4 is 17.7 Å². The van der Waals surface area contributed by atoms with Gasteiger partial charge in [-0.2, -0.15) is 5.10 Å². The van der Waals surface area contributed by atoms with Crippen molar-refractivity contribution in [3.05, 3.63) is 0 Å². The minimum Gasteiger partial charge on any atom is -0.379 e. The van der Waals surface area contributed by atoms with E-state index < -0.39 is 0 Å². The third kappa shape index (κ3) is 27.5. The zero-order valence-corrected chi connectivity index (χ0v) is 23.9. The fraction of sp³-hybridized carbons (Fsp3) is 0.885. The van der Waals surface area contributed by atoms with Gasteiger partial charge in [-0.05, 0) is 13.8 Å². The highest BCUT2D eigenvalue weighted by Crippen LogP contribution is 1.98. The molecule has 0 saturated carbocycles. The van der Waals surface area contributed by atoms with E-state index in [0.29, 0.717) is 118 Å². The number of rotatable bonds is 29. The summed E-state index contributed by atoms with van der Waals surface area (Å²) in [6.07, 6.45) is 2.08. The van der Waals surface area contributed by atoms with Crippen LogP contribution in [-0.2, 0) is 42.7 Å². The Morgan fingerprint density at radius 2 is 0.947 bits per heavy atom. The number of hydrazone groups is 1. The first-order valence-corrected chi connectivity index (χ1v) is 13.4. The van der Waals surface area contributed by atoms with E-state index in [1.54, 1.807) is 6.21 Å². The number of ketones is 1. The van der Waals surface area contributed by atoms with Gasteiger partial charge in [0.25, 0.3) is 0 Å². The molecule has 2 N–H and O–H groups in total. The van der Waals surface area contributed by atoms with Gasteiger partial charge in [-0.25, -0.2) is 0 Å². The number of Topliss-reactive ketones (excluding diaryl/α,β-unsaturated/α-hetero) is 1. The molecule has 0 radical (unpaired) electrons. The number of ether oxygens (including phenoxy) is 8. The second kappa shape index (κ2) is 28.5. The van der Waals surface area contributed by atoms with E-state index in [4.69, 9.17) is 43.7 Å². The summed E-state index contributed by atoms with van der Waals surface area (Å²) in [6.45, 7) is 15.3. The van der Waals surface area contributed by atoms with Crippen LogP contribution < -0.4 is 5.84 Å². The van der Waals surface area contributed by atoms with Gasteiger partial charge in [-0.3, -0.25) is 9.79 Å². The standard InChI is InChI=1S/C26H51N3O9/c1-23(2)26(30)5-6-31-7-8-32-9-10-33-11-12-34-13-14-35-15-16-36-17-18-37-19-20-38-22-25(29-27)21-28-24(3)4/h21,23-24H,5-20,22,27H2,1-4H3/b28-21?,29-25+. The van der Waals surface area contributed by atoms with Gasteiger partial charge in [-0.15, -0.1) is 0 Å². The van der Waals surface area contributed by atoms with Crippen molar-refractivity contribution in [2.24, 2.45) is 21.9 Å². The van der Waals surface area contributed by atoms with Gasteiger partial charge < -0.3 is 43.7 Å². The Morgan fingerprint density at radius 3 is 1.26 bits per heavy atom. The molecule has 12 heteroatoms. The lowest BCUT2D eigenvalue weighted by Gasteiger charge is -2.09. The Bertz CT molecular complexity index is 590. The van der Waals surface area contributed by atoms with E-state index in [1.807, 2.05) is 27.7 Å². The first-order chi connectivity index (χ1) is 18.5. The molecule has 224 valence electrons. The van der Waals surface area contributed by atoms with Crippen molar-refractivity contribution in [1.82, 2.24) is 0 Å². The van der Waals surface area contributed by atoms with Gasteiger partial charge >= 0.3 is 0 Å². The van der Waals surface area contributed by atoms with Crippen LogP contribution in [0.5, 0.6) is 0 Å². The van der Waals surface area contributed by atoms with Gasteiger partial charge in [0, 0.05) is 24.6 Å². The van der Waals surface area contributed by atoms with Crippen molar-refractivity contribution < 1.29 is 42.7 Å². The summed E-state index contributed by atoms with van der Waals surface area (Å²) in [5, 5.41) is 3.64. The molecule has 12 nitrogen and oxygen atoms in total. The minimum atomic E-state index is 0.0613. The third-order valence-corrected chi connectivity index (χ3v) is 4.68. The highest BCUT2D eigenvalue weighted by atomic mass is 16.6. The van der Waals surface area contributed by atoms with Gasteiger partial charge in [0.15, 0.2) is 0 Å². The van der Waals surface area contributed by atoms with Crippen LogP contribution in [0.3, 0.4) is 0 Å². The Balaban J connectivity index is 3.19. The Kier molecular flexibility index (Phi) is 27.4. The largest absolute Gasteiger partial charge is 0.379 e. The first-order valence-electron chi connectivity index (χ1n) is 13.4. The lowest BCUT2D eigenvalue weighted by atomic mass is 10.1. The molecule has 0 amide bonds. The highest BCUT2D eigenvalue weighted by Gasteiger charge is 2.06. The molecule has 0 saturated heterocycles. The van der Waals surface area contributed by atoms with Crippen molar-refractivity contribution in [2.45, 2.75) is 40.2 Å². The second-order valence-corrected chi connectivity index (χ2v) is 8.70. The number of nitrogens with zero attached hydrogens (tertiary/aromatic N) is 2. The van der Waals surface area contributed by atoms with Crippen LogP contribution in [0.1, 0.15) is 34.1 Å². The maximum atomic E-state index is 11.4. The SMILES string of the molecule is CC(C)N=C/C(COCCOCCOCCOCCOCCOCCOCCOCCC(=O)C(C)C)=N\N. The molecule has 0 aromatic carbocycles. The average Bonchev–Trinajstić information content (AvgIpc) is 2.89. The molecule has 0 aliphatic heterocycles. The zero-order chi connectivity index (χ0) is 28.1. The molecule has 0 aromatic rings. The van der Waals surface area contributed by atoms with E-state index in [1.165, 1.54) is 0 Å². The average molecular weight is 550 g/mol. The maximum Gasteiger partial charge on any atom is 0.137 e. The van der Waals surface area contributed by atoms with Crippen LogP contribution >= 0.6 is 0 Å². The fourth-order valence-electron chi connectivity index (χ4n) is 2.52. The van der Waals surface area contributed by atoms with Crippen molar-refractivity contribution in [1.29, 1.82) is 0 Å². The van der Waals surface area contributed by atoms with E-state index in [2.05, 4.69) is 10.1 Å². The molecule has 38 heavy (non-hydrogen) atoms. The number of hydrogen-bond donors (Lipinski definition) is 1. The molecule has 0 unspecified atom stereocenters.